The van der Waals surface area contributed by atoms with Crippen LogP contribution in [0.25, 0.3) is 16.7 Å². The van der Waals surface area contributed by atoms with Crippen LogP contribution in [0.3, 0.4) is 0 Å². The number of para-hydroxylation sites is 1. The van der Waals surface area contributed by atoms with Gasteiger partial charge in [-0.25, -0.2) is 23.1 Å². The van der Waals surface area contributed by atoms with E-state index in [0.29, 0.717) is 34.8 Å². The first-order valence-electron chi connectivity index (χ1n) is 22.3. The number of halogens is 2. The number of nitrogens with one attached hydrogen (secondary N) is 2. The molecule has 1 unspecified atom stereocenters. The Morgan fingerprint density at radius 2 is 1.89 bits per heavy atom. The van der Waals surface area contributed by atoms with Crippen molar-refractivity contribution in [3.8, 4) is 11.8 Å². The fourth-order valence-corrected chi connectivity index (χ4v) is 10.4. The summed E-state index contributed by atoms with van der Waals surface area (Å²) in [6.45, 7) is 4.46. The summed E-state index contributed by atoms with van der Waals surface area (Å²) in [5.74, 6) is 6.32. The van der Waals surface area contributed by atoms with Crippen molar-refractivity contribution < 1.29 is 32.6 Å². The van der Waals surface area contributed by atoms with Crippen molar-refractivity contribution >= 4 is 45.9 Å². The second-order valence-corrected chi connectivity index (χ2v) is 17.7. The number of imide groups is 1. The first kappa shape index (κ1) is 42.0. The number of alkyl halides is 2. The zero-order valence-electron chi connectivity index (χ0n) is 35.5. The molecule has 2 N–H and O–H groups in total. The van der Waals surface area contributed by atoms with Crippen molar-refractivity contribution in [1.82, 2.24) is 38.9 Å². The molecule has 1 saturated carbocycles. The maximum absolute atomic E-state index is 14.2. The lowest BCUT2D eigenvalue weighted by molar-refractivity contribution is -0.135. The minimum Gasteiger partial charge on any atom is -0.374 e. The molecule has 0 spiro atoms. The Hall–Kier alpha value is -6.03. The summed E-state index contributed by atoms with van der Waals surface area (Å²) in [5, 5.41) is 9.37. The molecule has 3 atom stereocenters. The number of aromatic nitrogens is 6. The quantitative estimate of drug-likeness (QED) is 0.147. The first-order valence-corrected chi connectivity index (χ1v) is 22.3. The number of nitrogens with zero attached hydrogens (tertiary/aromatic N) is 8. The molecule has 8 heterocycles. The number of fused-ring (bicyclic) bond motifs is 4. The molecule has 4 aromatic heterocycles. The second-order valence-electron chi connectivity index (χ2n) is 17.7. The van der Waals surface area contributed by atoms with Crippen LogP contribution in [-0.4, -0.2) is 109 Å². The lowest BCUT2D eigenvalue weighted by atomic mass is 9.78. The Morgan fingerprint density at radius 3 is 2.64 bits per heavy atom. The number of likely N-dealkylation sites (tertiary alicyclic amines) is 1. The number of benzene rings is 1. The van der Waals surface area contributed by atoms with Gasteiger partial charge in [0.05, 0.1) is 53.3 Å². The maximum Gasteiger partial charge on any atom is 0.329 e. The zero-order valence-corrected chi connectivity index (χ0v) is 35.5. The van der Waals surface area contributed by atoms with Gasteiger partial charge >= 0.3 is 5.69 Å². The normalized spacial score (nSPS) is 24.1. The monoisotopic (exact) mass is 876 g/mol. The fraction of sp³-hybridized carbons (Fsp3) is 0.500. The number of morpholine rings is 1. The number of carbonyl (C=O) groups is 3. The number of piperidine rings is 2. The summed E-state index contributed by atoms with van der Waals surface area (Å²) < 4.78 is 44.8. The van der Waals surface area contributed by atoms with Crippen LogP contribution in [0.15, 0.2) is 53.7 Å². The van der Waals surface area contributed by atoms with Crippen LogP contribution in [0.1, 0.15) is 103 Å². The molecule has 64 heavy (non-hydrogen) atoms. The number of pyridine rings is 1. The molecular formula is C46H50F2N10O6. The highest BCUT2D eigenvalue weighted by Gasteiger charge is 2.40. The smallest absolute Gasteiger partial charge is 0.329 e. The van der Waals surface area contributed by atoms with Gasteiger partial charge in [0.15, 0.2) is 5.65 Å². The number of aryl methyl sites for hydroxylation is 1. The van der Waals surface area contributed by atoms with E-state index in [1.54, 1.807) is 25.4 Å². The maximum atomic E-state index is 14.2. The van der Waals surface area contributed by atoms with Gasteiger partial charge in [0.25, 0.3) is 12.3 Å². The zero-order chi connectivity index (χ0) is 44.1. The number of hydrogen-bond acceptors (Lipinski definition) is 11. The van der Waals surface area contributed by atoms with Crippen molar-refractivity contribution in [1.29, 1.82) is 0 Å². The van der Waals surface area contributed by atoms with Crippen LogP contribution in [0.2, 0.25) is 0 Å². The van der Waals surface area contributed by atoms with Gasteiger partial charge in [-0.3, -0.25) is 33.8 Å². The van der Waals surface area contributed by atoms with Crippen LogP contribution in [0.4, 0.5) is 20.3 Å². The van der Waals surface area contributed by atoms with Crippen LogP contribution < -0.4 is 21.2 Å². The minimum atomic E-state index is -2.86. The van der Waals surface area contributed by atoms with Gasteiger partial charge in [0.2, 0.25) is 11.8 Å². The lowest BCUT2D eigenvalue weighted by Crippen LogP contribution is -2.44. The van der Waals surface area contributed by atoms with Gasteiger partial charge in [-0.05, 0) is 93.0 Å². The molecule has 5 fully saturated rings. The largest absolute Gasteiger partial charge is 0.374 e. The van der Waals surface area contributed by atoms with Crippen LogP contribution >= 0.6 is 0 Å². The van der Waals surface area contributed by atoms with E-state index >= 15 is 0 Å². The minimum absolute atomic E-state index is 0.00578. The van der Waals surface area contributed by atoms with Crippen molar-refractivity contribution in [2.24, 2.45) is 13.0 Å². The number of anilines is 2. The third-order valence-electron chi connectivity index (χ3n) is 13.8. The average molecular weight is 877 g/mol. The van der Waals surface area contributed by atoms with Crippen molar-refractivity contribution in [2.75, 3.05) is 49.6 Å². The number of carbonyl (C=O) groups excluding carboxylic acids is 3. The molecule has 5 aromatic rings. The van der Waals surface area contributed by atoms with E-state index < -0.39 is 30.0 Å². The second kappa shape index (κ2) is 17.5. The Bertz CT molecular complexity index is 2740. The van der Waals surface area contributed by atoms with E-state index in [-0.39, 0.29) is 66.5 Å². The van der Waals surface area contributed by atoms with E-state index in [0.717, 1.165) is 82.5 Å². The number of imidazole rings is 1. The highest BCUT2D eigenvalue weighted by molar-refractivity contribution is 6.08. The van der Waals surface area contributed by atoms with Gasteiger partial charge in [0, 0.05) is 52.0 Å². The van der Waals surface area contributed by atoms with Gasteiger partial charge in [-0.1, -0.05) is 17.9 Å². The summed E-state index contributed by atoms with van der Waals surface area (Å²) in [7, 11) is 1.66. The summed E-state index contributed by atoms with van der Waals surface area (Å²) in [6, 6.07) is 8.46. The van der Waals surface area contributed by atoms with Crippen molar-refractivity contribution in [3.05, 3.63) is 81.8 Å². The number of rotatable bonds is 10. The summed E-state index contributed by atoms with van der Waals surface area (Å²) >= 11 is 0. The standard InChI is InChI=1S/C46H50F2N10O6/c1-54-41-29(4-2-6-36(41)58(46(54)62)37-11-12-39(59)53-45(37)61)5-3-19-63-32-13-16-55(17-14-32)24-27-7-9-28(10-8-27)30-20-35(40(42(47)48)49-22-30)51-44(60)34-23-50-57-18-15-38(52-43(34)57)56-25-33-21-31(56)26-64-33/h2,4,6,15,18,20,22-23,27-28,31-33,37,42H,7-14,16-17,19,21,24-26H2,1H3,(H,51,60)(H,53,59,61)/t27-,28-,31-,33-,37?/m1/s1. The van der Waals surface area contributed by atoms with Crippen LogP contribution in [0, 0.1) is 17.8 Å². The van der Waals surface area contributed by atoms with E-state index in [1.807, 2.05) is 18.2 Å². The molecule has 3 amide bonds. The summed E-state index contributed by atoms with van der Waals surface area (Å²) in [5.41, 5.74) is 2.49. The Labute approximate surface area is 367 Å². The van der Waals surface area contributed by atoms with Gasteiger partial charge in [-0.2, -0.15) is 5.10 Å². The van der Waals surface area contributed by atoms with E-state index in [4.69, 9.17) is 14.5 Å². The molecular weight excluding hydrogens is 827 g/mol. The molecule has 334 valence electrons. The predicted molar refractivity (Wildman–Crippen MR) is 231 cm³/mol. The van der Waals surface area contributed by atoms with Crippen LogP contribution in [0.5, 0.6) is 0 Å². The van der Waals surface area contributed by atoms with Gasteiger partial charge in [0.1, 0.15) is 29.7 Å². The third-order valence-corrected chi connectivity index (χ3v) is 13.8. The SMILES string of the molecule is Cn1c(=O)n(C2CCC(=O)NC2=O)c2cccc(C#CCOC3CCN(C[C@H]4CC[C@H](c5cnc(C(F)F)c(NC(=O)c6cnn7ccc(N8C[C@H]9C[C@@H]8CO9)nc67)c5)CC4)CC3)c21. The summed E-state index contributed by atoms with van der Waals surface area (Å²) in [6.07, 6.45) is 9.10. The molecule has 4 saturated heterocycles. The molecule has 2 bridgehead atoms. The molecule has 10 rings (SSSR count). The molecule has 0 radical (unpaired) electrons. The van der Waals surface area contributed by atoms with Crippen LogP contribution in [-0.2, 0) is 26.1 Å². The van der Waals surface area contributed by atoms with Gasteiger partial charge in [-0.15, -0.1) is 0 Å². The highest BCUT2D eigenvalue weighted by atomic mass is 19.3. The molecule has 4 aliphatic heterocycles. The summed E-state index contributed by atoms with van der Waals surface area (Å²) in [4.78, 5) is 64.8. The lowest BCUT2D eigenvalue weighted by Gasteiger charge is -2.36. The molecule has 5 aliphatic rings. The van der Waals surface area contributed by atoms with E-state index in [2.05, 4.69) is 42.4 Å². The molecule has 16 nitrogen and oxygen atoms in total. The Balaban J connectivity index is 0.708. The van der Waals surface area contributed by atoms with E-state index in [1.165, 1.54) is 26.0 Å². The molecule has 1 aliphatic carbocycles. The fourth-order valence-electron chi connectivity index (χ4n) is 10.4. The van der Waals surface area contributed by atoms with E-state index in [9.17, 15) is 28.0 Å². The third kappa shape index (κ3) is 8.16. The number of ether oxygens (including phenoxy) is 2. The van der Waals surface area contributed by atoms with Crippen molar-refractivity contribution in [2.45, 2.75) is 94.4 Å². The molecule has 1 aromatic carbocycles. The molecule has 18 heteroatoms. The van der Waals surface area contributed by atoms with Gasteiger partial charge < -0.3 is 24.6 Å². The Morgan fingerprint density at radius 1 is 1.06 bits per heavy atom. The number of hydrogen-bond donors (Lipinski definition) is 2. The predicted octanol–water partition coefficient (Wildman–Crippen LogP) is 4.73. The average Bonchev–Trinajstić information content (AvgIpc) is 4.10. The number of amides is 3. The topological polar surface area (TPSA) is 170 Å². The Kier molecular flexibility index (Phi) is 11.5. The van der Waals surface area contributed by atoms with Crippen molar-refractivity contribution in [3.63, 3.8) is 0 Å². The highest BCUT2D eigenvalue weighted by Crippen LogP contribution is 2.39. The first-order chi connectivity index (χ1) is 31.1.